The summed E-state index contributed by atoms with van der Waals surface area (Å²) in [5.41, 5.74) is 0. The van der Waals surface area contributed by atoms with Gasteiger partial charge in [0.15, 0.2) is 0 Å². The van der Waals surface area contributed by atoms with Crippen molar-refractivity contribution in [3.05, 3.63) is 0 Å². The van der Waals surface area contributed by atoms with Crippen molar-refractivity contribution in [2.24, 2.45) is 0 Å². The molecule has 0 bridgehead atoms. The van der Waals surface area contributed by atoms with Crippen molar-refractivity contribution < 1.29 is 47.7 Å². The van der Waals surface area contributed by atoms with Gasteiger partial charge in [-0.3, -0.25) is 0 Å². The van der Waals surface area contributed by atoms with Gasteiger partial charge in [0.05, 0.1) is 0 Å². The maximum absolute atomic E-state index is 8.25. The minimum absolute atomic E-state index is 0. The quantitative estimate of drug-likeness (QED) is 0.441. The molecule has 38 valence electrons. The molecule has 4 nitrogen and oxygen atoms in total. The fraction of sp³-hybridized carbons (Fsp3) is 1.00. The zero-order chi connectivity index (χ0) is 2.00. The average molecular weight is 173 g/mol. The molecule has 0 fully saturated rings. The molecule has 6 heavy (non-hydrogen) atoms. The van der Waals surface area contributed by atoms with Crippen LogP contribution in [0.5, 0.6) is 0 Å². The number of rotatable bonds is 0. The maximum Gasteiger partial charge on any atom is 4.00 e. The van der Waals surface area contributed by atoms with Crippen LogP contribution in [-0.4, -0.2) is 23.5 Å². The van der Waals surface area contributed by atoms with Gasteiger partial charge in [-0.15, -0.1) is 0 Å². The van der Waals surface area contributed by atoms with Gasteiger partial charge in [-0.1, -0.05) is 0 Å². The van der Waals surface area contributed by atoms with E-state index >= 15 is 0 Å². The third-order valence-corrected chi connectivity index (χ3v) is 0. The molecule has 0 aromatic carbocycles. The van der Waals surface area contributed by atoms with Crippen molar-refractivity contribution >= 4 is 0 Å². The van der Waals surface area contributed by atoms with E-state index in [4.69, 9.17) is 5.11 Å². The van der Waals surface area contributed by atoms with Crippen LogP contribution in [0.4, 0.5) is 0 Å². The molecule has 0 unspecified atom stereocenters. The van der Waals surface area contributed by atoms with E-state index in [1.54, 1.807) is 0 Å². The largest absolute Gasteiger partial charge is 4.00 e. The summed E-state index contributed by atoms with van der Waals surface area (Å²) in [4.78, 5) is 0. The normalized spacial score (nSPS) is 1.00. The van der Waals surface area contributed by atoms with Gasteiger partial charge in [0, 0.05) is 0 Å². The Morgan fingerprint density at radius 3 is 0.833 bits per heavy atom. The van der Waals surface area contributed by atoms with Crippen LogP contribution in [0.1, 0.15) is 0 Å². The van der Waals surface area contributed by atoms with Crippen molar-refractivity contribution in [3.63, 3.8) is 0 Å². The number of hydrogen-bond acceptors (Lipinski definition) is 4. The summed E-state index contributed by atoms with van der Waals surface area (Å²) >= 11 is 0. The van der Waals surface area contributed by atoms with Gasteiger partial charge in [0.25, 0.3) is 0 Å². The summed E-state index contributed by atoms with van der Waals surface area (Å²) in [7, 11) is 0.750. The second kappa shape index (κ2) is 244. The van der Waals surface area contributed by atoms with Crippen molar-refractivity contribution in [2.45, 2.75) is 0 Å². The predicted molar refractivity (Wildman–Crippen MR) is 11.7 cm³/mol. The topological polar surface area (TPSA) is 113 Å². The first-order valence-electron chi connectivity index (χ1n) is 0.408. The fourth-order valence-corrected chi connectivity index (χ4v) is 0. The number of hydrogen-bond donors (Lipinski definition) is 0. The Kier molecular flexibility index (Phi) is 3020. The first kappa shape index (κ1) is 74.2. The Balaban J connectivity index is -0.000000000833. The van der Waals surface area contributed by atoms with Gasteiger partial charge in [0.1, 0.15) is 0 Å². The Labute approximate surface area is 55.2 Å². The summed E-state index contributed by atoms with van der Waals surface area (Å²) in [5.74, 6) is 0. The minimum Gasteiger partial charge on any atom is -0.870 e. The van der Waals surface area contributed by atoms with Crippen LogP contribution in [0.3, 0.4) is 0 Å². The molecule has 0 rings (SSSR count). The van der Waals surface area contributed by atoms with E-state index in [0.29, 0.717) is 0 Å². The summed E-state index contributed by atoms with van der Waals surface area (Å²) in [6.07, 6.45) is 0. The predicted octanol–water partition coefficient (Wildman–Crippen LogP) is -1.56. The second-order valence-corrected chi connectivity index (χ2v) is 0. The molecule has 0 radical (unpaired) electrons. The summed E-state index contributed by atoms with van der Waals surface area (Å²) < 4.78 is 0. The molecular weight excluding hydrogens is 167 g/mol. The monoisotopic (exact) mass is 172 g/mol. The van der Waals surface area contributed by atoms with E-state index in [2.05, 4.69) is 0 Å². The molecule has 3 N–H and O–H groups in total. The molecule has 0 aromatic heterocycles. The van der Waals surface area contributed by atoms with Crippen molar-refractivity contribution in [1.82, 2.24) is 0 Å². The van der Waals surface area contributed by atoms with E-state index in [1.165, 1.54) is 0 Å². The third-order valence-electron chi connectivity index (χ3n) is 0. The fourth-order valence-electron chi connectivity index (χ4n) is 0. The zero-order valence-corrected chi connectivity index (χ0v) is 5.71. The Hall–Kier alpha value is 0.723. The average Bonchev–Trinajstić information content (AvgIpc) is 1.00. The third kappa shape index (κ3) is 125. The van der Waals surface area contributed by atoms with Gasteiger partial charge in [-0.2, -0.15) is 7.11 Å². The smallest absolute Gasteiger partial charge is 0.870 e. The van der Waals surface area contributed by atoms with Gasteiger partial charge >= 0.3 is 26.2 Å². The van der Waals surface area contributed by atoms with E-state index in [0.717, 1.165) is 7.11 Å². The molecule has 0 aliphatic carbocycles. The second-order valence-electron chi connectivity index (χ2n) is 0. The summed E-state index contributed by atoms with van der Waals surface area (Å²) in [6.45, 7) is 0. The molecule has 0 spiro atoms. The zero-order valence-electron chi connectivity index (χ0n) is 3.25. The molecule has 0 aromatic rings. The first-order valence-corrected chi connectivity index (χ1v) is 0.408. The minimum atomic E-state index is 0. The standard InChI is InChI=1S/CH3O.3H2O.Zr/c1-2;;;;/h1H3;3*1H2;/q-1;;;;+4/p-3. The summed E-state index contributed by atoms with van der Waals surface area (Å²) in [6, 6.07) is 0. The van der Waals surface area contributed by atoms with E-state index in [9.17, 15) is 0 Å². The van der Waals surface area contributed by atoms with E-state index in [1.807, 2.05) is 0 Å². The van der Waals surface area contributed by atoms with Crippen LogP contribution < -0.4 is 5.11 Å². The van der Waals surface area contributed by atoms with Crippen LogP contribution in [0.25, 0.3) is 0 Å². The van der Waals surface area contributed by atoms with Gasteiger partial charge in [-0.25, -0.2) is 0 Å². The molecule has 0 heterocycles. The van der Waals surface area contributed by atoms with Crippen LogP contribution in [-0.2, 0) is 26.2 Å². The van der Waals surface area contributed by atoms with Crippen LogP contribution >= 0.6 is 0 Å². The molecular formula is CH6O4Zr. The molecule has 0 saturated heterocycles. The van der Waals surface area contributed by atoms with Crippen molar-refractivity contribution in [1.29, 1.82) is 0 Å². The van der Waals surface area contributed by atoms with Gasteiger partial charge in [-0.05, 0) is 0 Å². The molecule has 0 amide bonds. The Morgan fingerprint density at radius 1 is 0.833 bits per heavy atom. The van der Waals surface area contributed by atoms with Crippen LogP contribution in [0, 0.1) is 0 Å². The van der Waals surface area contributed by atoms with Crippen LogP contribution in [0.2, 0.25) is 0 Å². The van der Waals surface area contributed by atoms with E-state index < -0.39 is 0 Å². The first-order chi connectivity index (χ1) is 1.00. The molecule has 0 saturated carbocycles. The molecule has 0 aliphatic heterocycles. The van der Waals surface area contributed by atoms with Gasteiger partial charge in [0.2, 0.25) is 0 Å². The molecule has 0 aliphatic rings. The van der Waals surface area contributed by atoms with Gasteiger partial charge < -0.3 is 21.5 Å². The molecule has 0 atom stereocenters. The Bertz CT molecular complexity index is 7.51. The summed E-state index contributed by atoms with van der Waals surface area (Å²) in [5, 5.41) is 8.25. The SMILES string of the molecule is C[O-].[OH-].[OH-].[OH-].[Zr+4]. The van der Waals surface area contributed by atoms with Crippen molar-refractivity contribution in [3.8, 4) is 0 Å². The van der Waals surface area contributed by atoms with E-state index in [-0.39, 0.29) is 42.6 Å². The molecule has 5 heteroatoms. The maximum atomic E-state index is 8.25. The van der Waals surface area contributed by atoms with Crippen molar-refractivity contribution in [2.75, 3.05) is 7.11 Å². The Morgan fingerprint density at radius 2 is 0.833 bits per heavy atom. The van der Waals surface area contributed by atoms with Crippen LogP contribution in [0.15, 0.2) is 0 Å².